The zero-order valence-electron chi connectivity index (χ0n) is 12.4. The van der Waals surface area contributed by atoms with Gasteiger partial charge in [-0.3, -0.25) is 9.59 Å². The smallest absolute Gasteiger partial charge is 0.246 e. The molecular formula is C15H24N2O3. The van der Waals surface area contributed by atoms with Crippen LogP contribution in [0.15, 0.2) is 0 Å². The largest absolute Gasteiger partial charge is 0.376 e. The number of carbonyl (C=O) groups excluding carboxylic acids is 2. The molecule has 112 valence electrons. The second-order valence-corrected chi connectivity index (χ2v) is 6.55. The van der Waals surface area contributed by atoms with Gasteiger partial charge in [0.05, 0.1) is 6.10 Å². The Balaban J connectivity index is 1.81. The fourth-order valence-corrected chi connectivity index (χ4v) is 3.48. The first-order valence-corrected chi connectivity index (χ1v) is 7.77. The maximum atomic E-state index is 12.5. The van der Waals surface area contributed by atoms with Crippen molar-refractivity contribution in [2.45, 2.75) is 63.6 Å². The number of nitrogens with one attached hydrogen (secondary N) is 1. The molecule has 3 fully saturated rings. The number of nitrogens with zero attached hydrogens (tertiary/aromatic N) is 1. The van der Waals surface area contributed by atoms with E-state index in [1.54, 1.807) is 6.92 Å². The summed E-state index contributed by atoms with van der Waals surface area (Å²) in [5.41, 5.74) is -0.676. The van der Waals surface area contributed by atoms with Gasteiger partial charge in [-0.15, -0.1) is 0 Å². The van der Waals surface area contributed by atoms with Crippen molar-refractivity contribution >= 4 is 11.8 Å². The molecule has 2 heterocycles. The van der Waals surface area contributed by atoms with Crippen molar-refractivity contribution in [3.63, 3.8) is 0 Å². The summed E-state index contributed by atoms with van der Waals surface area (Å²) >= 11 is 0. The first-order chi connectivity index (χ1) is 9.53. The van der Waals surface area contributed by atoms with Crippen LogP contribution < -0.4 is 5.32 Å². The molecule has 5 nitrogen and oxygen atoms in total. The van der Waals surface area contributed by atoms with Crippen molar-refractivity contribution in [2.24, 2.45) is 5.92 Å². The normalized spacial score (nSPS) is 38.8. The number of rotatable bonds is 3. The highest BCUT2D eigenvalue weighted by atomic mass is 16.5. The monoisotopic (exact) mass is 280 g/mol. The molecule has 3 aliphatic rings. The Morgan fingerprint density at radius 3 is 2.65 bits per heavy atom. The predicted octanol–water partition coefficient (Wildman–Crippen LogP) is 1.07. The van der Waals surface area contributed by atoms with Crippen LogP contribution >= 0.6 is 0 Å². The molecule has 1 N–H and O–H groups in total. The van der Waals surface area contributed by atoms with Gasteiger partial charge < -0.3 is 15.0 Å². The van der Waals surface area contributed by atoms with E-state index in [-0.39, 0.29) is 17.9 Å². The Kier molecular flexibility index (Phi) is 3.48. The highest BCUT2D eigenvalue weighted by Gasteiger charge is 2.56. The van der Waals surface area contributed by atoms with E-state index in [2.05, 4.69) is 5.32 Å². The minimum absolute atomic E-state index is 0.00269. The topological polar surface area (TPSA) is 58.6 Å². The van der Waals surface area contributed by atoms with Crippen LogP contribution in [-0.2, 0) is 14.3 Å². The summed E-state index contributed by atoms with van der Waals surface area (Å²) in [6.45, 7) is 5.02. The molecule has 3 rings (SSSR count). The maximum absolute atomic E-state index is 12.5. The summed E-state index contributed by atoms with van der Waals surface area (Å²) in [6, 6.07) is -0.419. The van der Waals surface area contributed by atoms with Crippen molar-refractivity contribution < 1.29 is 14.3 Å². The van der Waals surface area contributed by atoms with Gasteiger partial charge in [-0.25, -0.2) is 0 Å². The van der Waals surface area contributed by atoms with Gasteiger partial charge in [0.25, 0.3) is 0 Å². The molecule has 1 saturated carbocycles. The van der Waals surface area contributed by atoms with Crippen molar-refractivity contribution in [1.29, 1.82) is 0 Å². The van der Waals surface area contributed by atoms with Crippen molar-refractivity contribution in [1.82, 2.24) is 10.2 Å². The molecule has 0 bridgehead atoms. The Labute approximate surface area is 120 Å². The zero-order chi connectivity index (χ0) is 14.3. The SMILES string of the molecule is CC1NC(=O)C(C)(C2CC2)N(CC2CCCCO2)C1=O. The molecule has 0 aromatic carbocycles. The van der Waals surface area contributed by atoms with Gasteiger partial charge in [-0.1, -0.05) is 0 Å². The van der Waals surface area contributed by atoms with Crippen LogP contribution in [0.5, 0.6) is 0 Å². The van der Waals surface area contributed by atoms with Gasteiger partial charge in [0.2, 0.25) is 11.8 Å². The fraction of sp³-hybridized carbons (Fsp3) is 0.867. The van der Waals surface area contributed by atoms with E-state index in [4.69, 9.17) is 4.74 Å². The molecule has 1 aliphatic carbocycles. The molecular weight excluding hydrogens is 256 g/mol. The van der Waals surface area contributed by atoms with Crippen LogP contribution in [0.25, 0.3) is 0 Å². The van der Waals surface area contributed by atoms with Gasteiger partial charge in [-0.05, 0) is 51.9 Å². The van der Waals surface area contributed by atoms with Gasteiger partial charge >= 0.3 is 0 Å². The van der Waals surface area contributed by atoms with Crippen molar-refractivity contribution in [3.8, 4) is 0 Å². The summed E-state index contributed by atoms with van der Waals surface area (Å²) in [7, 11) is 0. The van der Waals surface area contributed by atoms with E-state index < -0.39 is 11.6 Å². The second kappa shape index (κ2) is 5.02. The minimum Gasteiger partial charge on any atom is -0.376 e. The number of amides is 2. The number of hydrogen-bond donors (Lipinski definition) is 1. The highest BCUT2D eigenvalue weighted by molar-refractivity contribution is 5.99. The molecule has 3 atom stereocenters. The van der Waals surface area contributed by atoms with E-state index in [1.165, 1.54) is 0 Å². The van der Waals surface area contributed by atoms with Gasteiger partial charge in [0.1, 0.15) is 11.6 Å². The third-order valence-electron chi connectivity index (χ3n) is 5.04. The van der Waals surface area contributed by atoms with Crippen LogP contribution in [0.3, 0.4) is 0 Å². The van der Waals surface area contributed by atoms with Crippen LogP contribution in [0.2, 0.25) is 0 Å². The van der Waals surface area contributed by atoms with Gasteiger partial charge in [-0.2, -0.15) is 0 Å². The number of piperazine rings is 1. The lowest BCUT2D eigenvalue weighted by Crippen LogP contribution is -2.70. The summed E-state index contributed by atoms with van der Waals surface area (Å²) in [4.78, 5) is 26.8. The lowest BCUT2D eigenvalue weighted by atomic mass is 9.87. The highest BCUT2D eigenvalue weighted by Crippen LogP contribution is 2.45. The third-order valence-corrected chi connectivity index (χ3v) is 5.04. The molecule has 20 heavy (non-hydrogen) atoms. The summed E-state index contributed by atoms with van der Waals surface area (Å²) in [5.74, 6) is 0.346. The van der Waals surface area contributed by atoms with Crippen LogP contribution in [0, 0.1) is 5.92 Å². The predicted molar refractivity (Wildman–Crippen MR) is 74.0 cm³/mol. The first-order valence-electron chi connectivity index (χ1n) is 7.77. The first kappa shape index (κ1) is 13.9. The van der Waals surface area contributed by atoms with Crippen LogP contribution in [0.1, 0.15) is 46.0 Å². The molecule has 2 aliphatic heterocycles. The van der Waals surface area contributed by atoms with Gasteiger partial charge in [0, 0.05) is 13.2 Å². The third kappa shape index (κ3) is 2.22. The lowest BCUT2D eigenvalue weighted by molar-refractivity contribution is -0.161. The number of hydrogen-bond acceptors (Lipinski definition) is 3. The van der Waals surface area contributed by atoms with E-state index in [0.717, 1.165) is 38.7 Å². The van der Waals surface area contributed by atoms with Crippen LogP contribution in [0.4, 0.5) is 0 Å². The molecule has 5 heteroatoms. The summed E-state index contributed by atoms with van der Waals surface area (Å²) < 4.78 is 5.77. The average Bonchev–Trinajstić information content (AvgIpc) is 3.27. The summed E-state index contributed by atoms with van der Waals surface area (Å²) in [6.07, 6.45) is 5.39. The minimum atomic E-state index is -0.676. The molecule has 3 unspecified atom stereocenters. The summed E-state index contributed by atoms with van der Waals surface area (Å²) in [5, 5.41) is 2.84. The van der Waals surface area contributed by atoms with Crippen molar-refractivity contribution in [3.05, 3.63) is 0 Å². The fourth-order valence-electron chi connectivity index (χ4n) is 3.48. The molecule has 0 spiro atoms. The van der Waals surface area contributed by atoms with Gasteiger partial charge in [0.15, 0.2) is 0 Å². The molecule has 0 radical (unpaired) electrons. The lowest BCUT2D eigenvalue weighted by Gasteiger charge is -2.47. The molecule has 0 aromatic rings. The maximum Gasteiger partial charge on any atom is 0.246 e. The molecule has 2 saturated heterocycles. The van der Waals surface area contributed by atoms with E-state index in [0.29, 0.717) is 12.5 Å². The molecule has 2 amide bonds. The van der Waals surface area contributed by atoms with Crippen molar-refractivity contribution in [2.75, 3.05) is 13.2 Å². The average molecular weight is 280 g/mol. The second-order valence-electron chi connectivity index (χ2n) is 6.55. The van der Waals surface area contributed by atoms with Crippen LogP contribution in [-0.4, -0.2) is 47.6 Å². The Bertz CT molecular complexity index is 415. The van der Waals surface area contributed by atoms with E-state index in [9.17, 15) is 9.59 Å². The van der Waals surface area contributed by atoms with E-state index >= 15 is 0 Å². The Morgan fingerprint density at radius 1 is 1.30 bits per heavy atom. The van der Waals surface area contributed by atoms with E-state index in [1.807, 2.05) is 11.8 Å². The zero-order valence-corrected chi connectivity index (χ0v) is 12.4. The Morgan fingerprint density at radius 2 is 2.05 bits per heavy atom. The number of ether oxygens (including phenoxy) is 1. The standard InChI is InChI=1S/C15H24N2O3/c1-10-13(18)17(9-12-5-3-4-8-20-12)15(2,11-6-7-11)14(19)16-10/h10-12H,3-9H2,1-2H3,(H,16,19). The Hall–Kier alpha value is -1.10. The number of carbonyl (C=O) groups is 2. The molecule has 0 aromatic heterocycles. The quantitative estimate of drug-likeness (QED) is 0.841.